The highest BCUT2D eigenvalue weighted by molar-refractivity contribution is 8.13. The Bertz CT molecular complexity index is 600. The molecule has 1 amide bonds. The van der Waals surface area contributed by atoms with Gasteiger partial charge in [-0.2, -0.15) is 0 Å². The number of amides is 1. The van der Waals surface area contributed by atoms with Gasteiger partial charge >= 0.3 is 0 Å². The maximum absolute atomic E-state index is 13.6. The van der Waals surface area contributed by atoms with Gasteiger partial charge in [0.25, 0.3) is 0 Å². The Kier molecular flexibility index (Phi) is 2.87. The van der Waals surface area contributed by atoms with E-state index in [0.717, 1.165) is 6.07 Å². The predicted octanol–water partition coefficient (Wildman–Crippen LogP) is 1.95. The van der Waals surface area contributed by atoms with Crippen LogP contribution >= 0.6 is 10.7 Å². The lowest BCUT2D eigenvalue weighted by Gasteiger charge is -2.06. The molecule has 1 aromatic rings. The van der Waals surface area contributed by atoms with Gasteiger partial charge in [0.1, 0.15) is 5.82 Å². The van der Waals surface area contributed by atoms with Crippen molar-refractivity contribution in [2.24, 2.45) is 0 Å². The zero-order valence-electron chi connectivity index (χ0n) is 8.83. The average molecular weight is 278 g/mol. The molecule has 92 valence electrons. The first-order valence-corrected chi connectivity index (χ1v) is 7.31. The van der Waals surface area contributed by atoms with Gasteiger partial charge in [-0.15, -0.1) is 0 Å². The first-order chi connectivity index (χ1) is 7.78. The fourth-order valence-corrected chi connectivity index (χ4v) is 2.76. The highest BCUT2D eigenvalue weighted by Gasteiger charge is 2.29. The zero-order valence-corrected chi connectivity index (χ0v) is 10.4. The standard InChI is InChI=1S/C10H9ClFNO3S/c1-5-7-2-6(4-17(11,15)16)3-8(12)9(7)13-10(5)14/h2-3,5H,4H2,1H3,(H,13,14). The molecule has 1 aliphatic heterocycles. The van der Waals surface area contributed by atoms with Gasteiger partial charge in [-0.1, -0.05) is 6.07 Å². The third-order valence-electron chi connectivity index (χ3n) is 2.63. The van der Waals surface area contributed by atoms with Gasteiger partial charge in [0.2, 0.25) is 15.0 Å². The maximum atomic E-state index is 13.6. The minimum atomic E-state index is -3.74. The van der Waals surface area contributed by atoms with Gasteiger partial charge < -0.3 is 5.32 Å². The van der Waals surface area contributed by atoms with E-state index in [1.54, 1.807) is 6.92 Å². The monoisotopic (exact) mass is 277 g/mol. The molecule has 0 saturated carbocycles. The van der Waals surface area contributed by atoms with E-state index in [-0.39, 0.29) is 17.2 Å². The smallest absolute Gasteiger partial charge is 0.236 e. The summed E-state index contributed by atoms with van der Waals surface area (Å²) < 4.78 is 35.5. The summed E-state index contributed by atoms with van der Waals surface area (Å²) in [6.07, 6.45) is 0. The number of hydrogen-bond donors (Lipinski definition) is 1. The minimum Gasteiger partial charge on any atom is -0.323 e. The van der Waals surface area contributed by atoms with Crippen molar-refractivity contribution >= 4 is 31.3 Å². The van der Waals surface area contributed by atoms with Crippen LogP contribution < -0.4 is 5.32 Å². The van der Waals surface area contributed by atoms with Gasteiger partial charge in [-0.25, -0.2) is 12.8 Å². The quantitative estimate of drug-likeness (QED) is 0.841. The summed E-state index contributed by atoms with van der Waals surface area (Å²) in [5.41, 5.74) is 0.822. The van der Waals surface area contributed by atoms with E-state index in [9.17, 15) is 17.6 Å². The number of benzene rings is 1. The number of carbonyl (C=O) groups excluding carboxylic acids is 1. The highest BCUT2D eigenvalue weighted by Crippen LogP contribution is 2.35. The van der Waals surface area contributed by atoms with Crippen LogP contribution in [-0.2, 0) is 19.6 Å². The molecular formula is C10H9ClFNO3S. The largest absolute Gasteiger partial charge is 0.323 e. The van der Waals surface area contributed by atoms with E-state index in [4.69, 9.17) is 10.7 Å². The molecule has 1 atom stereocenters. The van der Waals surface area contributed by atoms with Crippen molar-refractivity contribution in [3.63, 3.8) is 0 Å². The lowest BCUT2D eigenvalue weighted by atomic mass is 10.0. The van der Waals surface area contributed by atoms with Crippen molar-refractivity contribution in [2.75, 3.05) is 5.32 Å². The van der Waals surface area contributed by atoms with E-state index < -0.39 is 26.5 Å². The molecule has 0 bridgehead atoms. The average Bonchev–Trinajstić information content (AvgIpc) is 2.43. The summed E-state index contributed by atoms with van der Waals surface area (Å²) in [5.74, 6) is -1.89. The van der Waals surface area contributed by atoms with Crippen LogP contribution in [0.15, 0.2) is 12.1 Å². The van der Waals surface area contributed by atoms with E-state index in [0.29, 0.717) is 5.56 Å². The van der Waals surface area contributed by atoms with E-state index in [1.807, 2.05) is 0 Å². The molecule has 1 aliphatic rings. The molecule has 0 spiro atoms. The van der Waals surface area contributed by atoms with Gasteiger partial charge in [0.05, 0.1) is 17.4 Å². The van der Waals surface area contributed by atoms with Crippen molar-refractivity contribution < 1.29 is 17.6 Å². The topological polar surface area (TPSA) is 63.2 Å². The number of carbonyl (C=O) groups is 1. The van der Waals surface area contributed by atoms with Crippen LogP contribution in [0.2, 0.25) is 0 Å². The molecule has 7 heteroatoms. The van der Waals surface area contributed by atoms with Crippen LogP contribution in [0.5, 0.6) is 0 Å². The van der Waals surface area contributed by atoms with E-state index in [2.05, 4.69) is 5.32 Å². The van der Waals surface area contributed by atoms with Crippen LogP contribution in [-0.4, -0.2) is 14.3 Å². The number of rotatable bonds is 2. The van der Waals surface area contributed by atoms with Crippen molar-refractivity contribution in [1.29, 1.82) is 0 Å². The predicted molar refractivity (Wildman–Crippen MR) is 61.9 cm³/mol. The van der Waals surface area contributed by atoms with Gasteiger partial charge in [-0.05, 0) is 24.1 Å². The van der Waals surface area contributed by atoms with Crippen molar-refractivity contribution in [3.05, 3.63) is 29.1 Å². The number of fused-ring (bicyclic) bond motifs is 1. The number of halogens is 2. The molecule has 0 aliphatic carbocycles. The molecule has 1 heterocycles. The van der Waals surface area contributed by atoms with Crippen molar-refractivity contribution in [2.45, 2.75) is 18.6 Å². The molecule has 0 fully saturated rings. The van der Waals surface area contributed by atoms with Gasteiger partial charge in [0, 0.05) is 10.7 Å². The molecule has 0 radical (unpaired) electrons. The molecule has 0 aromatic heterocycles. The first-order valence-electron chi connectivity index (χ1n) is 4.83. The Balaban J connectivity index is 2.49. The van der Waals surface area contributed by atoms with Crippen molar-refractivity contribution in [1.82, 2.24) is 0 Å². The number of anilines is 1. The first kappa shape index (κ1) is 12.3. The van der Waals surface area contributed by atoms with Crippen molar-refractivity contribution in [3.8, 4) is 0 Å². The maximum Gasteiger partial charge on any atom is 0.236 e. The summed E-state index contributed by atoms with van der Waals surface area (Å²) in [7, 11) is 1.36. The fourth-order valence-electron chi connectivity index (χ4n) is 1.81. The Morgan fingerprint density at radius 2 is 2.12 bits per heavy atom. The Labute approximate surface area is 102 Å². The third-order valence-corrected chi connectivity index (χ3v) is 3.63. The fraction of sp³-hybridized carbons (Fsp3) is 0.300. The second-order valence-corrected chi connectivity index (χ2v) is 6.71. The van der Waals surface area contributed by atoms with Crippen LogP contribution in [0.4, 0.5) is 10.1 Å². The lowest BCUT2D eigenvalue weighted by Crippen LogP contribution is -2.08. The van der Waals surface area contributed by atoms with Crippen LogP contribution in [0.1, 0.15) is 24.0 Å². The summed E-state index contributed by atoms with van der Waals surface area (Å²) in [4.78, 5) is 11.4. The second kappa shape index (κ2) is 3.96. The number of nitrogens with one attached hydrogen (secondary N) is 1. The Hall–Kier alpha value is -1.14. The molecule has 0 saturated heterocycles. The molecule has 2 rings (SSSR count). The van der Waals surface area contributed by atoms with E-state index >= 15 is 0 Å². The highest BCUT2D eigenvalue weighted by atomic mass is 35.7. The third kappa shape index (κ3) is 2.42. The summed E-state index contributed by atoms with van der Waals surface area (Å²) in [6.45, 7) is 1.62. The Morgan fingerprint density at radius 3 is 2.71 bits per heavy atom. The summed E-state index contributed by atoms with van der Waals surface area (Å²) in [6, 6.07) is 2.55. The Morgan fingerprint density at radius 1 is 1.47 bits per heavy atom. The second-order valence-electron chi connectivity index (χ2n) is 3.94. The summed E-state index contributed by atoms with van der Waals surface area (Å²) in [5, 5.41) is 2.41. The molecule has 17 heavy (non-hydrogen) atoms. The van der Waals surface area contributed by atoms with Crippen LogP contribution in [0, 0.1) is 5.82 Å². The molecule has 4 nitrogen and oxygen atoms in total. The minimum absolute atomic E-state index is 0.123. The van der Waals surface area contributed by atoms with Gasteiger partial charge in [0.15, 0.2) is 0 Å². The molecule has 1 N–H and O–H groups in total. The summed E-state index contributed by atoms with van der Waals surface area (Å²) >= 11 is 0. The zero-order chi connectivity index (χ0) is 12.8. The SMILES string of the molecule is CC1C(=O)Nc2c(F)cc(CS(=O)(=O)Cl)cc21. The molecular weight excluding hydrogens is 269 g/mol. The van der Waals surface area contributed by atoms with Crippen LogP contribution in [0.25, 0.3) is 0 Å². The van der Waals surface area contributed by atoms with E-state index in [1.165, 1.54) is 6.07 Å². The normalized spacial score (nSPS) is 19.0. The van der Waals surface area contributed by atoms with Crippen LogP contribution in [0.3, 0.4) is 0 Å². The van der Waals surface area contributed by atoms with Gasteiger partial charge in [-0.3, -0.25) is 4.79 Å². The molecule has 1 aromatic carbocycles. The lowest BCUT2D eigenvalue weighted by molar-refractivity contribution is -0.116. The number of hydrogen-bond acceptors (Lipinski definition) is 3. The molecule has 1 unspecified atom stereocenters.